The smallest absolute Gasteiger partial charge is 0.207 e. The first kappa shape index (κ1) is 13.3. The van der Waals surface area contributed by atoms with Crippen LogP contribution in [0.2, 0.25) is 0 Å². The number of sulfone groups is 1. The average molecular weight is 273 g/mol. The Hall–Kier alpha value is -2.16. The first-order valence-electron chi connectivity index (χ1n) is 5.53. The summed E-state index contributed by atoms with van der Waals surface area (Å²) in [5.74, 6) is 0. The van der Waals surface area contributed by atoms with Gasteiger partial charge in [-0.3, -0.25) is 0 Å². The van der Waals surface area contributed by atoms with Crippen LogP contribution in [0.5, 0.6) is 0 Å². The van der Waals surface area contributed by atoms with Crippen LogP contribution in [0, 0.1) is 11.3 Å². The summed E-state index contributed by atoms with van der Waals surface area (Å²) in [7, 11) is -3.75. The highest BCUT2D eigenvalue weighted by Gasteiger charge is 2.21. The van der Waals surface area contributed by atoms with E-state index >= 15 is 0 Å². The second-order valence-electron chi connectivity index (χ2n) is 3.92. The quantitative estimate of drug-likeness (QED) is 0.926. The van der Waals surface area contributed by atoms with Crippen LogP contribution in [-0.4, -0.2) is 13.5 Å². The van der Waals surface area contributed by atoms with Gasteiger partial charge in [-0.1, -0.05) is 24.3 Å². The standard InChI is InChI=1S/C14H11NO3S/c15-9-12-5-1-2-7-14(12)19(17,18)13-6-3-4-11(8-13)10-16/h1-8,16H,10H2. The molecule has 0 saturated carbocycles. The summed E-state index contributed by atoms with van der Waals surface area (Å²) in [4.78, 5) is 0.0503. The Morgan fingerprint density at radius 1 is 1.11 bits per heavy atom. The molecule has 2 aromatic carbocycles. The molecule has 4 nitrogen and oxygen atoms in total. The molecule has 0 fully saturated rings. The van der Waals surface area contributed by atoms with E-state index in [2.05, 4.69) is 0 Å². The number of nitriles is 1. The predicted octanol–water partition coefficient (Wildman–Crippen LogP) is 1.88. The Morgan fingerprint density at radius 3 is 2.53 bits per heavy atom. The Morgan fingerprint density at radius 2 is 1.84 bits per heavy atom. The van der Waals surface area contributed by atoms with Crippen molar-refractivity contribution in [1.29, 1.82) is 5.26 Å². The molecule has 0 radical (unpaired) electrons. The van der Waals surface area contributed by atoms with Gasteiger partial charge in [-0.15, -0.1) is 0 Å². The average Bonchev–Trinajstić information content (AvgIpc) is 2.47. The van der Waals surface area contributed by atoms with Crippen molar-refractivity contribution in [1.82, 2.24) is 0 Å². The highest BCUT2D eigenvalue weighted by Crippen LogP contribution is 2.24. The van der Waals surface area contributed by atoms with E-state index < -0.39 is 9.84 Å². The molecule has 1 N–H and O–H groups in total. The molecule has 5 heteroatoms. The fourth-order valence-electron chi connectivity index (χ4n) is 1.73. The van der Waals surface area contributed by atoms with E-state index in [1.54, 1.807) is 24.3 Å². The Bertz CT molecular complexity index is 745. The number of aliphatic hydroxyl groups excluding tert-OH is 1. The largest absolute Gasteiger partial charge is 0.392 e. The lowest BCUT2D eigenvalue weighted by Crippen LogP contribution is -2.05. The zero-order chi connectivity index (χ0) is 13.9. The minimum Gasteiger partial charge on any atom is -0.392 e. The molecule has 2 aromatic rings. The van der Waals surface area contributed by atoms with Gasteiger partial charge in [-0.25, -0.2) is 8.42 Å². The van der Waals surface area contributed by atoms with E-state index in [-0.39, 0.29) is 22.0 Å². The summed E-state index contributed by atoms with van der Waals surface area (Å²) >= 11 is 0. The van der Waals surface area contributed by atoms with Crippen LogP contribution in [0.1, 0.15) is 11.1 Å². The van der Waals surface area contributed by atoms with Crippen LogP contribution in [0.3, 0.4) is 0 Å². The molecule has 19 heavy (non-hydrogen) atoms. The van der Waals surface area contributed by atoms with E-state index in [0.29, 0.717) is 5.56 Å². The van der Waals surface area contributed by atoms with Crippen molar-refractivity contribution >= 4 is 9.84 Å². The number of rotatable bonds is 3. The number of aliphatic hydroxyl groups is 1. The molecule has 0 saturated heterocycles. The zero-order valence-electron chi connectivity index (χ0n) is 9.95. The van der Waals surface area contributed by atoms with Crippen LogP contribution in [0.4, 0.5) is 0 Å². The van der Waals surface area contributed by atoms with Gasteiger partial charge in [0.1, 0.15) is 6.07 Å². The molecule has 0 unspecified atom stereocenters. The molecule has 0 aliphatic heterocycles. The van der Waals surface area contributed by atoms with Crippen molar-refractivity contribution in [2.75, 3.05) is 0 Å². The van der Waals surface area contributed by atoms with Gasteiger partial charge in [0.25, 0.3) is 0 Å². The van der Waals surface area contributed by atoms with Crippen LogP contribution < -0.4 is 0 Å². The summed E-state index contributed by atoms with van der Waals surface area (Å²) in [6, 6.07) is 14.0. The maximum absolute atomic E-state index is 12.4. The second kappa shape index (κ2) is 5.22. The molecule has 0 aromatic heterocycles. The molecule has 0 atom stereocenters. The maximum Gasteiger partial charge on any atom is 0.207 e. The summed E-state index contributed by atoms with van der Waals surface area (Å²) in [5.41, 5.74) is 0.618. The molecule has 0 heterocycles. The minimum absolute atomic E-state index is 0.0208. The van der Waals surface area contributed by atoms with Gasteiger partial charge in [-0.05, 0) is 29.8 Å². The summed E-state index contributed by atoms with van der Waals surface area (Å²) in [6.45, 7) is -0.233. The molecule has 0 aliphatic rings. The van der Waals surface area contributed by atoms with E-state index in [1.165, 1.54) is 24.3 Å². The van der Waals surface area contributed by atoms with E-state index in [0.717, 1.165) is 0 Å². The van der Waals surface area contributed by atoms with Gasteiger partial charge in [-0.2, -0.15) is 5.26 Å². The minimum atomic E-state index is -3.75. The van der Waals surface area contributed by atoms with Crippen LogP contribution in [0.15, 0.2) is 58.3 Å². The highest BCUT2D eigenvalue weighted by molar-refractivity contribution is 7.91. The Balaban J connectivity index is 2.63. The fraction of sp³-hybridized carbons (Fsp3) is 0.0714. The number of hydrogen-bond acceptors (Lipinski definition) is 4. The van der Waals surface area contributed by atoms with Crippen molar-refractivity contribution in [3.05, 3.63) is 59.7 Å². The number of nitrogens with zero attached hydrogens (tertiary/aromatic N) is 1. The Kier molecular flexibility index (Phi) is 3.65. The first-order valence-corrected chi connectivity index (χ1v) is 7.02. The van der Waals surface area contributed by atoms with Gasteiger partial charge >= 0.3 is 0 Å². The van der Waals surface area contributed by atoms with Gasteiger partial charge in [0.2, 0.25) is 9.84 Å². The van der Waals surface area contributed by atoms with Crippen molar-refractivity contribution in [3.8, 4) is 6.07 Å². The van der Waals surface area contributed by atoms with Crippen molar-refractivity contribution in [3.63, 3.8) is 0 Å². The normalized spacial score (nSPS) is 10.9. The predicted molar refractivity (Wildman–Crippen MR) is 69.0 cm³/mol. The lowest BCUT2D eigenvalue weighted by Gasteiger charge is -2.07. The molecule has 0 spiro atoms. The topological polar surface area (TPSA) is 78.2 Å². The van der Waals surface area contributed by atoms with E-state index in [1.807, 2.05) is 6.07 Å². The number of hydrogen-bond donors (Lipinski definition) is 1. The SMILES string of the molecule is N#Cc1ccccc1S(=O)(=O)c1cccc(CO)c1. The third-order valence-corrected chi connectivity index (χ3v) is 4.50. The van der Waals surface area contributed by atoms with Crippen LogP contribution in [-0.2, 0) is 16.4 Å². The molecular weight excluding hydrogens is 262 g/mol. The molecule has 96 valence electrons. The Labute approximate surface area is 111 Å². The van der Waals surface area contributed by atoms with Gasteiger partial charge in [0.05, 0.1) is 22.0 Å². The second-order valence-corrected chi connectivity index (χ2v) is 5.84. The lowest BCUT2D eigenvalue weighted by molar-refractivity contribution is 0.281. The first-order chi connectivity index (χ1) is 9.09. The summed E-state index contributed by atoms with van der Waals surface area (Å²) in [5, 5.41) is 18.0. The molecule has 0 amide bonds. The lowest BCUT2D eigenvalue weighted by atomic mass is 10.2. The van der Waals surface area contributed by atoms with Crippen LogP contribution >= 0.6 is 0 Å². The highest BCUT2D eigenvalue weighted by atomic mass is 32.2. The van der Waals surface area contributed by atoms with Crippen molar-refractivity contribution in [2.45, 2.75) is 16.4 Å². The van der Waals surface area contributed by atoms with Crippen molar-refractivity contribution in [2.24, 2.45) is 0 Å². The fourth-order valence-corrected chi connectivity index (χ4v) is 3.21. The summed E-state index contributed by atoms with van der Waals surface area (Å²) < 4.78 is 24.9. The van der Waals surface area contributed by atoms with Gasteiger partial charge in [0.15, 0.2) is 0 Å². The summed E-state index contributed by atoms with van der Waals surface area (Å²) in [6.07, 6.45) is 0. The maximum atomic E-state index is 12.4. The third-order valence-electron chi connectivity index (χ3n) is 2.69. The molecule has 0 bridgehead atoms. The molecular formula is C14H11NO3S. The molecule has 0 aliphatic carbocycles. The monoisotopic (exact) mass is 273 g/mol. The third kappa shape index (κ3) is 2.50. The van der Waals surface area contributed by atoms with Gasteiger partial charge < -0.3 is 5.11 Å². The van der Waals surface area contributed by atoms with Crippen molar-refractivity contribution < 1.29 is 13.5 Å². The van der Waals surface area contributed by atoms with E-state index in [9.17, 15) is 8.42 Å². The number of benzene rings is 2. The molecule has 2 rings (SSSR count). The van der Waals surface area contributed by atoms with E-state index in [4.69, 9.17) is 10.4 Å². The van der Waals surface area contributed by atoms with Gasteiger partial charge in [0, 0.05) is 0 Å². The van der Waals surface area contributed by atoms with Crippen LogP contribution in [0.25, 0.3) is 0 Å². The zero-order valence-corrected chi connectivity index (χ0v) is 10.8.